The molecule has 2 rings (SSSR count). The number of aliphatic imine (C=N–C) groups is 1. The zero-order chi connectivity index (χ0) is 15.1. The first-order valence-electron chi connectivity index (χ1n) is 7.83. The van der Waals surface area contributed by atoms with Crippen molar-refractivity contribution in [2.75, 3.05) is 20.6 Å². The van der Waals surface area contributed by atoms with Gasteiger partial charge in [-0.05, 0) is 30.9 Å². The molecule has 1 aromatic rings. The Hall–Kier alpha value is -0.760. The maximum Gasteiger partial charge on any atom is 0.193 e. The Labute approximate surface area is 150 Å². The van der Waals surface area contributed by atoms with Crippen molar-refractivity contribution in [1.82, 2.24) is 10.2 Å². The van der Waals surface area contributed by atoms with Crippen molar-refractivity contribution in [2.45, 2.75) is 44.8 Å². The van der Waals surface area contributed by atoms with Gasteiger partial charge in [-0.3, -0.25) is 4.99 Å². The Bertz CT molecular complexity index is 431. The van der Waals surface area contributed by atoms with Gasteiger partial charge in [0, 0.05) is 20.6 Å². The van der Waals surface area contributed by atoms with E-state index in [9.17, 15) is 5.11 Å². The van der Waals surface area contributed by atoms with Crippen LogP contribution in [0.2, 0.25) is 0 Å². The number of rotatable bonds is 5. The Morgan fingerprint density at radius 1 is 1.45 bits per heavy atom. The lowest BCUT2D eigenvalue weighted by atomic mass is 9.85. The Morgan fingerprint density at radius 2 is 2.18 bits per heavy atom. The molecule has 0 bridgehead atoms. The first-order chi connectivity index (χ1) is 10.2. The highest BCUT2D eigenvalue weighted by Gasteiger charge is 2.22. The van der Waals surface area contributed by atoms with E-state index in [-0.39, 0.29) is 30.1 Å². The van der Waals surface area contributed by atoms with E-state index in [4.69, 9.17) is 4.42 Å². The largest absolute Gasteiger partial charge is 0.467 e. The summed E-state index contributed by atoms with van der Waals surface area (Å²) < 4.78 is 5.35. The zero-order valence-electron chi connectivity index (χ0n) is 13.5. The molecule has 5 nitrogen and oxygen atoms in total. The highest BCUT2D eigenvalue weighted by molar-refractivity contribution is 14.0. The van der Waals surface area contributed by atoms with Gasteiger partial charge in [0.05, 0.1) is 18.9 Å². The van der Waals surface area contributed by atoms with Crippen LogP contribution in [0, 0.1) is 5.92 Å². The normalized spacial score (nSPS) is 17.7. The van der Waals surface area contributed by atoms with Crippen LogP contribution in [0.3, 0.4) is 0 Å². The standard InChI is InChI=1S/C16H27N3O2.HI/c1-17-16(19(2)12-14-9-6-10-21-14)18-11-15(20)13-7-4-3-5-8-13;/h6,9-10,13,15,20H,3-5,7-8,11-12H2,1-2H3,(H,17,18);1H. The van der Waals surface area contributed by atoms with Gasteiger partial charge in [-0.2, -0.15) is 0 Å². The third-order valence-electron chi connectivity index (χ3n) is 4.21. The maximum atomic E-state index is 10.3. The molecule has 1 fully saturated rings. The van der Waals surface area contributed by atoms with Crippen molar-refractivity contribution in [1.29, 1.82) is 0 Å². The molecule has 1 unspecified atom stereocenters. The lowest BCUT2D eigenvalue weighted by Gasteiger charge is -2.28. The highest BCUT2D eigenvalue weighted by atomic mass is 127. The summed E-state index contributed by atoms with van der Waals surface area (Å²) in [5.41, 5.74) is 0. The van der Waals surface area contributed by atoms with Gasteiger partial charge < -0.3 is 19.7 Å². The van der Waals surface area contributed by atoms with Crippen LogP contribution in [0.1, 0.15) is 37.9 Å². The maximum absolute atomic E-state index is 10.3. The van der Waals surface area contributed by atoms with Crippen LogP contribution in [-0.4, -0.2) is 42.7 Å². The fraction of sp³-hybridized carbons (Fsp3) is 0.688. The molecule has 1 heterocycles. The second kappa shape index (κ2) is 10.1. The number of hydrogen-bond acceptors (Lipinski definition) is 3. The molecule has 2 N–H and O–H groups in total. The number of guanidine groups is 1. The molecule has 0 amide bonds. The average Bonchev–Trinajstić information content (AvgIpc) is 3.01. The van der Waals surface area contributed by atoms with E-state index in [0.717, 1.165) is 24.6 Å². The van der Waals surface area contributed by atoms with Gasteiger partial charge in [-0.15, -0.1) is 24.0 Å². The molecule has 0 radical (unpaired) electrons. The SMILES string of the molecule is CN=C(NCC(O)C1CCCCC1)N(C)Cc1ccco1.I. The first-order valence-corrected chi connectivity index (χ1v) is 7.83. The fourth-order valence-corrected chi connectivity index (χ4v) is 2.98. The number of nitrogens with one attached hydrogen (secondary N) is 1. The van der Waals surface area contributed by atoms with E-state index >= 15 is 0 Å². The summed E-state index contributed by atoms with van der Waals surface area (Å²) in [7, 11) is 3.72. The summed E-state index contributed by atoms with van der Waals surface area (Å²) in [4.78, 5) is 6.26. The van der Waals surface area contributed by atoms with Gasteiger partial charge in [0.2, 0.25) is 0 Å². The van der Waals surface area contributed by atoms with Crippen molar-refractivity contribution >= 4 is 29.9 Å². The van der Waals surface area contributed by atoms with Gasteiger partial charge >= 0.3 is 0 Å². The Morgan fingerprint density at radius 3 is 2.77 bits per heavy atom. The van der Waals surface area contributed by atoms with E-state index in [2.05, 4.69) is 10.3 Å². The quantitative estimate of drug-likeness (QED) is 0.436. The van der Waals surface area contributed by atoms with Gasteiger partial charge in [0.15, 0.2) is 5.96 Å². The Balaban J connectivity index is 0.00000242. The summed E-state index contributed by atoms with van der Waals surface area (Å²) in [6.07, 6.45) is 7.46. The molecule has 1 atom stereocenters. The molecule has 6 heteroatoms. The third-order valence-corrected chi connectivity index (χ3v) is 4.21. The number of aliphatic hydroxyl groups excluding tert-OH is 1. The van der Waals surface area contributed by atoms with Crippen molar-refractivity contribution < 1.29 is 9.52 Å². The first kappa shape index (κ1) is 19.3. The molecule has 0 aliphatic heterocycles. The van der Waals surface area contributed by atoms with Crippen LogP contribution in [0.25, 0.3) is 0 Å². The number of hydrogen-bond donors (Lipinski definition) is 2. The van der Waals surface area contributed by atoms with Crippen molar-refractivity contribution in [3.05, 3.63) is 24.2 Å². The van der Waals surface area contributed by atoms with E-state index in [1.807, 2.05) is 24.1 Å². The van der Waals surface area contributed by atoms with E-state index in [1.54, 1.807) is 13.3 Å². The Kier molecular flexibility index (Phi) is 8.85. The minimum Gasteiger partial charge on any atom is -0.467 e. The molecule has 22 heavy (non-hydrogen) atoms. The van der Waals surface area contributed by atoms with Crippen LogP contribution in [0.5, 0.6) is 0 Å². The molecule has 0 spiro atoms. The van der Waals surface area contributed by atoms with Crippen molar-refractivity contribution in [2.24, 2.45) is 10.9 Å². The molecule has 126 valence electrons. The molecule has 0 aromatic carbocycles. The molecular formula is C16H28IN3O2. The minimum absolute atomic E-state index is 0. The topological polar surface area (TPSA) is 61.0 Å². The van der Waals surface area contributed by atoms with Gasteiger partial charge in [-0.25, -0.2) is 0 Å². The summed E-state index contributed by atoms with van der Waals surface area (Å²) >= 11 is 0. The molecule has 0 saturated heterocycles. The smallest absolute Gasteiger partial charge is 0.193 e. The lowest BCUT2D eigenvalue weighted by molar-refractivity contribution is 0.0874. The monoisotopic (exact) mass is 421 g/mol. The summed E-state index contributed by atoms with van der Waals surface area (Å²) in [5, 5.41) is 13.6. The molecule has 1 aromatic heterocycles. The summed E-state index contributed by atoms with van der Waals surface area (Å²) in [6.45, 7) is 1.21. The number of furan rings is 1. The van der Waals surface area contributed by atoms with Gasteiger partial charge in [0.25, 0.3) is 0 Å². The average molecular weight is 421 g/mol. The third kappa shape index (κ3) is 5.79. The number of nitrogens with zero attached hydrogens (tertiary/aromatic N) is 2. The van der Waals surface area contributed by atoms with E-state index in [1.165, 1.54) is 19.3 Å². The zero-order valence-corrected chi connectivity index (χ0v) is 15.8. The second-order valence-corrected chi connectivity index (χ2v) is 5.83. The number of aliphatic hydroxyl groups is 1. The fourth-order valence-electron chi connectivity index (χ4n) is 2.98. The molecule has 1 aliphatic carbocycles. The van der Waals surface area contributed by atoms with Crippen LogP contribution in [0.15, 0.2) is 27.8 Å². The predicted octanol–water partition coefficient (Wildman–Crippen LogP) is 2.85. The lowest BCUT2D eigenvalue weighted by Crippen LogP contribution is -2.43. The highest BCUT2D eigenvalue weighted by Crippen LogP contribution is 2.26. The summed E-state index contributed by atoms with van der Waals surface area (Å²) in [5.74, 6) is 2.11. The van der Waals surface area contributed by atoms with Crippen LogP contribution in [0.4, 0.5) is 0 Å². The summed E-state index contributed by atoms with van der Waals surface area (Å²) in [6, 6.07) is 3.83. The molecule has 1 saturated carbocycles. The van der Waals surface area contributed by atoms with Crippen LogP contribution in [-0.2, 0) is 6.54 Å². The minimum atomic E-state index is -0.293. The van der Waals surface area contributed by atoms with Crippen molar-refractivity contribution in [3.8, 4) is 0 Å². The van der Waals surface area contributed by atoms with Gasteiger partial charge in [0.1, 0.15) is 5.76 Å². The van der Waals surface area contributed by atoms with Crippen LogP contribution < -0.4 is 5.32 Å². The van der Waals surface area contributed by atoms with E-state index < -0.39 is 0 Å². The predicted molar refractivity (Wildman–Crippen MR) is 99.5 cm³/mol. The van der Waals surface area contributed by atoms with Crippen molar-refractivity contribution in [3.63, 3.8) is 0 Å². The second-order valence-electron chi connectivity index (χ2n) is 5.83. The molecule has 1 aliphatic rings. The molecular weight excluding hydrogens is 393 g/mol. The number of halogens is 1. The van der Waals surface area contributed by atoms with Crippen LogP contribution >= 0.6 is 24.0 Å². The van der Waals surface area contributed by atoms with E-state index in [0.29, 0.717) is 19.0 Å². The van der Waals surface area contributed by atoms with Gasteiger partial charge in [-0.1, -0.05) is 19.3 Å².